The van der Waals surface area contributed by atoms with Gasteiger partial charge in [0.05, 0.1) is 11.0 Å². The van der Waals surface area contributed by atoms with Crippen LogP contribution in [0.25, 0.3) is 16.6 Å². The van der Waals surface area contributed by atoms with Crippen LogP contribution in [0.3, 0.4) is 0 Å². The molecule has 0 unspecified atom stereocenters. The van der Waals surface area contributed by atoms with Crippen LogP contribution >= 0.6 is 0 Å². The Kier molecular flexibility index (Phi) is 5.16. The minimum absolute atomic E-state index is 0.0431. The minimum Gasteiger partial charge on any atom is -0.352 e. The highest BCUT2D eigenvalue weighted by Crippen LogP contribution is 2.17. The van der Waals surface area contributed by atoms with Gasteiger partial charge in [0.25, 0.3) is 5.56 Å². The lowest BCUT2D eigenvalue weighted by Crippen LogP contribution is -2.38. The van der Waals surface area contributed by atoms with Gasteiger partial charge >= 0.3 is 0 Å². The van der Waals surface area contributed by atoms with Crippen molar-refractivity contribution in [3.63, 3.8) is 0 Å². The number of aryl methyl sites for hydroxylation is 1. The normalized spacial score (nSPS) is 12.3. The predicted molar refractivity (Wildman–Crippen MR) is 111 cm³/mol. The Morgan fingerprint density at radius 1 is 1.03 bits per heavy atom. The van der Waals surface area contributed by atoms with Crippen LogP contribution in [0, 0.1) is 5.82 Å². The lowest BCUT2D eigenvalue weighted by molar-refractivity contribution is -0.122. The van der Waals surface area contributed by atoms with Crippen molar-refractivity contribution < 1.29 is 9.18 Å². The number of nitrogens with zero attached hydrogens (tertiary/aromatic N) is 2. The standard InChI is InChI=1S/C23H22FN3O2/c1-16(9-10-17-6-3-2-4-7-17)25-22(28)15-27-21-14-18(24)11-12-19(21)26-13-5-8-20(26)23(27)29/h2-8,11-14,16H,9-10,15H2,1H3,(H,25,28)/t16-/m1/s1. The first-order valence-corrected chi connectivity index (χ1v) is 9.65. The highest BCUT2D eigenvalue weighted by Gasteiger charge is 2.15. The molecule has 29 heavy (non-hydrogen) atoms. The molecule has 2 aromatic heterocycles. The molecule has 1 N–H and O–H groups in total. The third-order valence-corrected chi connectivity index (χ3v) is 5.12. The van der Waals surface area contributed by atoms with Crippen LogP contribution in [0.2, 0.25) is 0 Å². The zero-order valence-corrected chi connectivity index (χ0v) is 16.1. The van der Waals surface area contributed by atoms with Crippen molar-refractivity contribution in [1.82, 2.24) is 14.3 Å². The molecule has 0 saturated carbocycles. The van der Waals surface area contributed by atoms with Gasteiger partial charge in [-0.15, -0.1) is 0 Å². The second-order valence-corrected chi connectivity index (χ2v) is 7.28. The van der Waals surface area contributed by atoms with Crippen molar-refractivity contribution in [2.45, 2.75) is 32.4 Å². The molecule has 1 atom stereocenters. The van der Waals surface area contributed by atoms with Crippen molar-refractivity contribution in [3.8, 4) is 0 Å². The fourth-order valence-corrected chi connectivity index (χ4v) is 3.65. The fraction of sp³-hybridized carbons (Fsp3) is 0.217. The smallest absolute Gasteiger partial charge is 0.275 e. The summed E-state index contributed by atoms with van der Waals surface area (Å²) in [6, 6.07) is 17.7. The van der Waals surface area contributed by atoms with Gasteiger partial charge in [-0.05, 0) is 55.7 Å². The average molecular weight is 391 g/mol. The zero-order valence-electron chi connectivity index (χ0n) is 16.1. The number of hydrogen-bond donors (Lipinski definition) is 1. The molecule has 0 bridgehead atoms. The number of benzene rings is 2. The molecule has 5 nitrogen and oxygen atoms in total. The van der Waals surface area contributed by atoms with Crippen molar-refractivity contribution in [2.24, 2.45) is 0 Å². The number of aromatic nitrogens is 2. The van der Waals surface area contributed by atoms with Gasteiger partial charge in [0.15, 0.2) is 0 Å². The summed E-state index contributed by atoms with van der Waals surface area (Å²) in [7, 11) is 0. The Hall–Kier alpha value is -3.41. The topological polar surface area (TPSA) is 55.5 Å². The van der Waals surface area contributed by atoms with Gasteiger partial charge < -0.3 is 9.72 Å². The molecule has 0 spiro atoms. The molecule has 0 radical (unpaired) electrons. The van der Waals surface area contributed by atoms with Gasteiger partial charge in [-0.1, -0.05) is 30.3 Å². The molecule has 0 fully saturated rings. The molecule has 0 aliphatic carbocycles. The molecule has 0 aliphatic rings. The van der Waals surface area contributed by atoms with E-state index in [1.807, 2.05) is 25.1 Å². The maximum atomic E-state index is 13.9. The Morgan fingerprint density at radius 3 is 2.62 bits per heavy atom. The summed E-state index contributed by atoms with van der Waals surface area (Å²) in [6.07, 6.45) is 3.40. The number of rotatable bonds is 6. The first-order valence-electron chi connectivity index (χ1n) is 9.65. The van der Waals surface area contributed by atoms with Gasteiger partial charge in [-0.3, -0.25) is 14.2 Å². The summed E-state index contributed by atoms with van der Waals surface area (Å²) in [5.41, 5.74) is 2.42. The SMILES string of the molecule is C[C@H](CCc1ccccc1)NC(=O)Cn1c(=O)c2cccn2c2ccc(F)cc21. The largest absolute Gasteiger partial charge is 0.352 e. The lowest BCUT2D eigenvalue weighted by Gasteiger charge is -2.16. The number of halogens is 1. The Bertz CT molecular complexity index is 1230. The average Bonchev–Trinajstić information content (AvgIpc) is 3.20. The molecule has 0 aliphatic heterocycles. The Morgan fingerprint density at radius 2 is 1.83 bits per heavy atom. The monoisotopic (exact) mass is 391 g/mol. The summed E-state index contributed by atoms with van der Waals surface area (Å²) < 4.78 is 16.9. The Labute approximate surface area is 167 Å². The maximum absolute atomic E-state index is 13.9. The van der Waals surface area contributed by atoms with Crippen LogP contribution in [0.5, 0.6) is 0 Å². The Balaban J connectivity index is 1.55. The number of carbonyl (C=O) groups is 1. The van der Waals surface area contributed by atoms with Gasteiger partial charge in [0.1, 0.15) is 17.9 Å². The molecule has 6 heteroatoms. The summed E-state index contributed by atoms with van der Waals surface area (Å²) >= 11 is 0. The molecule has 2 heterocycles. The lowest BCUT2D eigenvalue weighted by atomic mass is 10.1. The number of fused-ring (bicyclic) bond motifs is 3. The van der Waals surface area contributed by atoms with Gasteiger partial charge in [0.2, 0.25) is 5.91 Å². The highest BCUT2D eigenvalue weighted by atomic mass is 19.1. The van der Waals surface area contributed by atoms with E-state index in [0.717, 1.165) is 12.8 Å². The van der Waals surface area contributed by atoms with Crippen LogP contribution in [-0.4, -0.2) is 20.9 Å². The molecular weight excluding hydrogens is 369 g/mol. The van der Waals surface area contributed by atoms with Crippen molar-refractivity contribution in [3.05, 3.63) is 88.6 Å². The van der Waals surface area contributed by atoms with Gasteiger partial charge in [-0.25, -0.2) is 4.39 Å². The van der Waals surface area contributed by atoms with E-state index in [1.165, 1.54) is 22.3 Å². The molecule has 4 aromatic rings. The number of nitrogens with one attached hydrogen (secondary N) is 1. The van der Waals surface area contributed by atoms with Crippen molar-refractivity contribution in [1.29, 1.82) is 0 Å². The number of carbonyl (C=O) groups excluding carboxylic acids is 1. The van der Waals surface area contributed by atoms with Crippen molar-refractivity contribution >= 4 is 22.5 Å². The second-order valence-electron chi connectivity index (χ2n) is 7.28. The van der Waals surface area contributed by atoms with Crippen LogP contribution in [0.4, 0.5) is 4.39 Å². The fourth-order valence-electron chi connectivity index (χ4n) is 3.65. The molecule has 1 amide bonds. The highest BCUT2D eigenvalue weighted by molar-refractivity contribution is 5.82. The van der Waals surface area contributed by atoms with E-state index in [0.29, 0.717) is 16.6 Å². The molecule has 2 aromatic carbocycles. The van der Waals surface area contributed by atoms with Crippen LogP contribution in [-0.2, 0) is 17.8 Å². The van der Waals surface area contributed by atoms with E-state index >= 15 is 0 Å². The number of amides is 1. The van der Waals surface area contributed by atoms with Gasteiger partial charge in [0, 0.05) is 12.2 Å². The van der Waals surface area contributed by atoms with Crippen LogP contribution < -0.4 is 10.9 Å². The molecule has 148 valence electrons. The first kappa shape index (κ1) is 18.9. The maximum Gasteiger partial charge on any atom is 0.275 e. The minimum atomic E-state index is -0.450. The third-order valence-electron chi connectivity index (χ3n) is 5.12. The van der Waals surface area contributed by atoms with E-state index in [1.54, 1.807) is 28.8 Å². The second kappa shape index (κ2) is 7.91. The molecule has 4 rings (SSSR count). The van der Waals surface area contributed by atoms with Crippen LogP contribution in [0.1, 0.15) is 18.9 Å². The van der Waals surface area contributed by atoms with Crippen LogP contribution in [0.15, 0.2) is 71.7 Å². The molecular formula is C23H22FN3O2. The summed E-state index contributed by atoms with van der Waals surface area (Å²) in [4.78, 5) is 25.5. The summed E-state index contributed by atoms with van der Waals surface area (Å²) in [5.74, 6) is -0.720. The third kappa shape index (κ3) is 3.92. The van der Waals surface area contributed by atoms with Gasteiger partial charge in [-0.2, -0.15) is 0 Å². The van der Waals surface area contributed by atoms with E-state index in [2.05, 4.69) is 17.4 Å². The quantitative estimate of drug-likeness (QED) is 0.547. The van der Waals surface area contributed by atoms with E-state index < -0.39 is 5.82 Å². The van der Waals surface area contributed by atoms with E-state index in [-0.39, 0.29) is 24.1 Å². The van der Waals surface area contributed by atoms with Crippen molar-refractivity contribution in [2.75, 3.05) is 0 Å². The number of hydrogen-bond acceptors (Lipinski definition) is 2. The summed E-state index contributed by atoms with van der Waals surface area (Å²) in [6.45, 7) is 1.79. The zero-order chi connectivity index (χ0) is 20.4. The first-order chi connectivity index (χ1) is 14.0. The van der Waals surface area contributed by atoms with E-state index in [9.17, 15) is 14.0 Å². The van der Waals surface area contributed by atoms with E-state index in [4.69, 9.17) is 0 Å². The summed E-state index contributed by atoms with van der Waals surface area (Å²) in [5, 5.41) is 2.95. The molecule has 0 saturated heterocycles. The predicted octanol–water partition coefficient (Wildman–Crippen LogP) is 3.53.